The molecule has 0 spiro atoms. The van der Waals surface area contributed by atoms with Crippen LogP contribution >= 0.6 is 0 Å². The maximum Gasteiger partial charge on any atom is 0.519 e. The maximum absolute atomic E-state index is 11.6. The smallest absolute Gasteiger partial charge is 0.395 e. The third-order valence-electron chi connectivity index (χ3n) is 2.45. The molecule has 112 valence electrons. The van der Waals surface area contributed by atoms with Crippen LogP contribution in [0.25, 0.3) is 0 Å². The zero-order valence-electron chi connectivity index (χ0n) is 11.0. The lowest BCUT2D eigenvalue weighted by molar-refractivity contribution is -0.384. The predicted octanol–water partition coefficient (Wildman–Crippen LogP) is 1.67. The molecule has 1 amide bonds. The summed E-state index contributed by atoms with van der Waals surface area (Å²) in [4.78, 5) is 36.3. The summed E-state index contributed by atoms with van der Waals surface area (Å²) >= 11 is 0. The van der Waals surface area contributed by atoms with E-state index in [1.165, 1.54) is 42.6 Å². The third kappa shape index (κ3) is 3.54. The van der Waals surface area contributed by atoms with E-state index in [1.807, 2.05) is 0 Å². The van der Waals surface area contributed by atoms with Gasteiger partial charge < -0.3 is 15.2 Å². The molecule has 1 aromatic carbocycles. The zero-order valence-corrected chi connectivity index (χ0v) is 11.0. The van der Waals surface area contributed by atoms with Crippen molar-refractivity contribution in [2.45, 2.75) is 0 Å². The number of hydrogen-bond acceptors (Lipinski definition) is 7. The molecule has 2 N–H and O–H groups in total. The van der Waals surface area contributed by atoms with Crippen LogP contribution in [0.2, 0.25) is 0 Å². The molecular weight excluding hydrogens is 294 g/mol. The summed E-state index contributed by atoms with van der Waals surface area (Å²) in [5.41, 5.74) is 4.72. The van der Waals surface area contributed by atoms with E-state index in [9.17, 15) is 19.7 Å². The number of carbonyl (C=O) groups excluding carboxylic acids is 2. The van der Waals surface area contributed by atoms with Crippen molar-refractivity contribution in [1.82, 2.24) is 4.98 Å². The molecule has 0 radical (unpaired) electrons. The average Bonchev–Trinajstić information content (AvgIpc) is 2.48. The molecule has 0 aliphatic rings. The predicted molar refractivity (Wildman–Crippen MR) is 72.5 cm³/mol. The molecule has 9 heteroatoms. The first-order chi connectivity index (χ1) is 10.5. The van der Waals surface area contributed by atoms with E-state index in [2.05, 4.69) is 4.98 Å². The molecule has 22 heavy (non-hydrogen) atoms. The van der Waals surface area contributed by atoms with Crippen molar-refractivity contribution in [2.75, 3.05) is 0 Å². The van der Waals surface area contributed by atoms with E-state index < -0.39 is 17.0 Å². The first-order valence-electron chi connectivity index (χ1n) is 5.86. The number of benzene rings is 1. The van der Waals surface area contributed by atoms with Gasteiger partial charge in [0, 0.05) is 18.3 Å². The standard InChI is InChI=1S/C13H9N3O6/c14-12(17)11-10(2-1-7-15-11)22-13(18)21-9-5-3-8(4-6-9)16(19)20/h1-7H,(H2,14,17). The Kier molecular flexibility index (Phi) is 4.27. The van der Waals surface area contributed by atoms with Gasteiger partial charge in [0.1, 0.15) is 5.75 Å². The zero-order chi connectivity index (χ0) is 16.1. The lowest BCUT2D eigenvalue weighted by Crippen LogP contribution is -2.19. The maximum atomic E-state index is 11.6. The fourth-order valence-electron chi connectivity index (χ4n) is 1.50. The van der Waals surface area contributed by atoms with Crippen molar-refractivity contribution in [2.24, 2.45) is 5.73 Å². The number of nitrogens with two attached hydrogens (primary N) is 1. The van der Waals surface area contributed by atoms with E-state index in [0.717, 1.165) is 0 Å². The van der Waals surface area contributed by atoms with E-state index in [0.29, 0.717) is 0 Å². The molecule has 2 rings (SSSR count). The number of hydrogen-bond donors (Lipinski definition) is 1. The summed E-state index contributed by atoms with van der Waals surface area (Å²) in [7, 11) is 0. The van der Waals surface area contributed by atoms with Gasteiger partial charge in [-0.05, 0) is 24.3 Å². The molecule has 0 saturated heterocycles. The van der Waals surface area contributed by atoms with Gasteiger partial charge in [-0.1, -0.05) is 0 Å². The number of nitro benzene ring substituents is 1. The van der Waals surface area contributed by atoms with Crippen molar-refractivity contribution in [3.63, 3.8) is 0 Å². The fraction of sp³-hybridized carbons (Fsp3) is 0. The van der Waals surface area contributed by atoms with Crippen LogP contribution in [0.5, 0.6) is 11.5 Å². The molecule has 1 aromatic heterocycles. The monoisotopic (exact) mass is 303 g/mol. The minimum atomic E-state index is -1.13. The van der Waals surface area contributed by atoms with Gasteiger partial charge in [0.15, 0.2) is 11.4 Å². The Balaban J connectivity index is 2.07. The third-order valence-corrected chi connectivity index (χ3v) is 2.45. The Bertz CT molecular complexity index is 729. The number of primary amides is 1. The lowest BCUT2D eigenvalue weighted by Gasteiger charge is -2.07. The molecule has 0 aliphatic carbocycles. The number of aromatic nitrogens is 1. The lowest BCUT2D eigenvalue weighted by atomic mass is 10.3. The Morgan fingerprint density at radius 1 is 1.14 bits per heavy atom. The molecular formula is C13H9N3O6. The van der Waals surface area contributed by atoms with Crippen molar-refractivity contribution in [3.8, 4) is 11.5 Å². The molecule has 0 aliphatic heterocycles. The second-order valence-electron chi connectivity index (χ2n) is 3.92. The van der Waals surface area contributed by atoms with Crippen molar-refractivity contribution in [1.29, 1.82) is 0 Å². The molecule has 9 nitrogen and oxygen atoms in total. The quantitative estimate of drug-likeness (QED) is 0.392. The van der Waals surface area contributed by atoms with Crippen LogP contribution in [0.15, 0.2) is 42.6 Å². The summed E-state index contributed by atoms with van der Waals surface area (Å²) in [6.45, 7) is 0. The fourth-order valence-corrected chi connectivity index (χ4v) is 1.50. The summed E-state index contributed by atoms with van der Waals surface area (Å²) in [6.07, 6.45) is 0.179. The van der Waals surface area contributed by atoms with Crippen LogP contribution < -0.4 is 15.2 Å². The van der Waals surface area contributed by atoms with Crippen molar-refractivity contribution >= 4 is 17.7 Å². The van der Waals surface area contributed by atoms with Crippen LogP contribution in [0.4, 0.5) is 10.5 Å². The second-order valence-corrected chi connectivity index (χ2v) is 3.92. The van der Waals surface area contributed by atoms with E-state index in [4.69, 9.17) is 15.2 Å². The van der Waals surface area contributed by atoms with Crippen LogP contribution in [0.1, 0.15) is 10.5 Å². The van der Waals surface area contributed by atoms with Crippen LogP contribution in [-0.2, 0) is 0 Å². The molecule has 0 fully saturated rings. The highest BCUT2D eigenvalue weighted by molar-refractivity contribution is 5.94. The van der Waals surface area contributed by atoms with E-state index >= 15 is 0 Å². The van der Waals surface area contributed by atoms with Gasteiger partial charge in [0.2, 0.25) is 0 Å². The van der Waals surface area contributed by atoms with E-state index in [1.54, 1.807) is 0 Å². The Morgan fingerprint density at radius 2 is 1.82 bits per heavy atom. The highest BCUT2D eigenvalue weighted by Crippen LogP contribution is 2.19. The minimum absolute atomic E-state index is 0.0418. The number of non-ortho nitro benzene ring substituents is 1. The van der Waals surface area contributed by atoms with Gasteiger partial charge in [-0.2, -0.15) is 0 Å². The molecule has 0 saturated carbocycles. The molecule has 0 bridgehead atoms. The van der Waals surface area contributed by atoms with Crippen LogP contribution in [0.3, 0.4) is 0 Å². The Morgan fingerprint density at radius 3 is 2.41 bits per heavy atom. The first kappa shape index (κ1) is 14.9. The van der Waals surface area contributed by atoms with Gasteiger partial charge >= 0.3 is 6.16 Å². The number of nitrogens with zero attached hydrogens (tertiary/aromatic N) is 2. The van der Waals surface area contributed by atoms with Crippen LogP contribution in [0, 0.1) is 10.1 Å². The van der Waals surface area contributed by atoms with E-state index in [-0.39, 0.29) is 22.9 Å². The van der Waals surface area contributed by atoms with Gasteiger partial charge in [-0.25, -0.2) is 9.78 Å². The van der Waals surface area contributed by atoms with Crippen molar-refractivity contribution < 1.29 is 24.0 Å². The average molecular weight is 303 g/mol. The molecule has 2 aromatic rings. The number of nitro groups is 1. The normalized spacial score (nSPS) is 9.82. The summed E-state index contributed by atoms with van der Waals surface area (Å²) in [5.74, 6) is -0.972. The number of carbonyl (C=O) groups is 2. The number of pyridine rings is 1. The van der Waals surface area contributed by atoms with Gasteiger partial charge in [-0.3, -0.25) is 14.9 Å². The van der Waals surface area contributed by atoms with Gasteiger partial charge in [-0.15, -0.1) is 0 Å². The largest absolute Gasteiger partial charge is 0.519 e. The second kappa shape index (κ2) is 6.31. The topological polar surface area (TPSA) is 135 Å². The highest BCUT2D eigenvalue weighted by atomic mass is 16.7. The summed E-state index contributed by atoms with van der Waals surface area (Å²) in [6, 6.07) is 7.57. The molecule has 0 unspecified atom stereocenters. The van der Waals surface area contributed by atoms with Gasteiger partial charge in [0.25, 0.3) is 11.6 Å². The van der Waals surface area contributed by atoms with Crippen molar-refractivity contribution in [3.05, 3.63) is 58.4 Å². The van der Waals surface area contributed by atoms with Gasteiger partial charge in [0.05, 0.1) is 4.92 Å². The number of amides is 1. The minimum Gasteiger partial charge on any atom is -0.395 e. The Labute approximate surface area is 123 Å². The number of ether oxygens (including phenoxy) is 2. The summed E-state index contributed by atoms with van der Waals surface area (Å²) in [5, 5.41) is 10.5. The van der Waals surface area contributed by atoms with Crippen LogP contribution in [-0.4, -0.2) is 22.0 Å². The Hall–Kier alpha value is -3.49. The molecule has 1 heterocycles. The first-order valence-corrected chi connectivity index (χ1v) is 5.86. The SMILES string of the molecule is NC(=O)c1ncccc1OC(=O)Oc1ccc([N+](=O)[O-])cc1. The number of rotatable bonds is 4. The highest BCUT2D eigenvalue weighted by Gasteiger charge is 2.16. The summed E-state index contributed by atoms with van der Waals surface area (Å²) < 4.78 is 9.65. The molecule has 0 atom stereocenters.